The van der Waals surface area contributed by atoms with Gasteiger partial charge in [-0.2, -0.15) is 13.2 Å². The molecular formula is C11H16F3N3O. The molecule has 0 aromatic heterocycles. The molecule has 0 saturated carbocycles. The smallest absolute Gasteiger partial charge is 0.384 e. The van der Waals surface area contributed by atoms with Crippen LogP contribution in [-0.2, 0) is 4.74 Å². The first-order valence-electron chi connectivity index (χ1n) is 5.29. The molecule has 0 fully saturated rings. The molecule has 0 radical (unpaired) electrons. The molecule has 0 spiro atoms. The van der Waals surface area contributed by atoms with Crippen LogP contribution < -0.4 is 11.1 Å². The fourth-order valence-electron chi connectivity index (χ4n) is 1.49. The lowest BCUT2D eigenvalue weighted by atomic mass is 9.97. The molecule has 0 bridgehead atoms. The number of nitrogens with zero attached hydrogens (tertiary/aromatic N) is 1. The second-order valence-electron chi connectivity index (χ2n) is 4.03. The normalized spacial score (nSPS) is 18.7. The van der Waals surface area contributed by atoms with Gasteiger partial charge in [-0.15, -0.1) is 0 Å². The van der Waals surface area contributed by atoms with Crippen molar-refractivity contribution < 1.29 is 17.9 Å². The third kappa shape index (κ3) is 2.84. The SMILES string of the molecule is C=C(C)C(N)=NCCC(OC)(C1=CN1)C(F)(F)F. The summed E-state index contributed by atoms with van der Waals surface area (Å²) >= 11 is 0. The van der Waals surface area contributed by atoms with Gasteiger partial charge >= 0.3 is 6.18 Å². The van der Waals surface area contributed by atoms with Crippen LogP contribution in [0.1, 0.15) is 13.3 Å². The van der Waals surface area contributed by atoms with E-state index in [-0.39, 0.29) is 24.5 Å². The Kier molecular flexibility index (Phi) is 4.05. The standard InChI is InChI=1S/C11H16F3N3O/c1-7(2)9(15)16-5-4-10(18-3,8-6-17-8)11(12,13)14/h6,17H,1,4-5H2,2-3H3,(H2,15,16). The monoisotopic (exact) mass is 263 g/mol. The van der Waals surface area contributed by atoms with Gasteiger partial charge in [0.25, 0.3) is 0 Å². The van der Waals surface area contributed by atoms with E-state index in [4.69, 9.17) is 5.73 Å². The predicted octanol–water partition coefficient (Wildman–Crippen LogP) is 1.70. The van der Waals surface area contributed by atoms with Gasteiger partial charge in [0.05, 0.1) is 5.70 Å². The van der Waals surface area contributed by atoms with Gasteiger partial charge in [-0.25, -0.2) is 0 Å². The van der Waals surface area contributed by atoms with Crippen LogP contribution >= 0.6 is 0 Å². The minimum atomic E-state index is -4.51. The van der Waals surface area contributed by atoms with Crippen LogP contribution in [-0.4, -0.2) is 31.3 Å². The maximum absolute atomic E-state index is 13.0. The number of alkyl halides is 3. The summed E-state index contributed by atoms with van der Waals surface area (Å²) in [6, 6.07) is 0. The number of hydrogen-bond acceptors (Lipinski definition) is 3. The van der Waals surface area contributed by atoms with E-state index in [0.717, 1.165) is 7.11 Å². The van der Waals surface area contributed by atoms with Crippen molar-refractivity contribution in [1.82, 2.24) is 5.32 Å². The molecule has 1 heterocycles. The van der Waals surface area contributed by atoms with Crippen LogP contribution in [0.25, 0.3) is 0 Å². The lowest BCUT2D eigenvalue weighted by molar-refractivity contribution is -0.254. The Bertz CT molecular complexity index is 401. The van der Waals surface area contributed by atoms with Gasteiger partial charge in [0.2, 0.25) is 5.60 Å². The third-order valence-electron chi connectivity index (χ3n) is 2.71. The molecule has 1 aliphatic rings. The van der Waals surface area contributed by atoms with Crippen LogP contribution in [0.2, 0.25) is 0 Å². The van der Waals surface area contributed by atoms with Gasteiger partial charge in [0.1, 0.15) is 5.84 Å². The van der Waals surface area contributed by atoms with Gasteiger partial charge in [-0.1, -0.05) is 6.58 Å². The summed E-state index contributed by atoms with van der Waals surface area (Å²) in [4.78, 5) is 3.84. The van der Waals surface area contributed by atoms with Crippen molar-refractivity contribution in [3.05, 3.63) is 24.0 Å². The quantitative estimate of drug-likeness (QED) is 0.566. The fourth-order valence-corrected chi connectivity index (χ4v) is 1.49. The minimum Gasteiger partial charge on any atom is -0.384 e. The predicted molar refractivity (Wildman–Crippen MR) is 62.9 cm³/mol. The highest BCUT2D eigenvalue weighted by Crippen LogP contribution is 2.43. The van der Waals surface area contributed by atoms with E-state index < -0.39 is 11.8 Å². The van der Waals surface area contributed by atoms with Crippen LogP contribution in [0.15, 0.2) is 29.0 Å². The number of amidine groups is 1. The molecule has 0 amide bonds. The molecule has 3 N–H and O–H groups in total. The first kappa shape index (κ1) is 14.6. The highest BCUT2D eigenvalue weighted by molar-refractivity contribution is 5.95. The van der Waals surface area contributed by atoms with E-state index in [1.165, 1.54) is 6.20 Å². The molecule has 0 saturated heterocycles. The first-order chi connectivity index (χ1) is 8.24. The Balaban J connectivity index is 2.79. The highest BCUT2D eigenvalue weighted by Gasteiger charge is 2.60. The minimum absolute atomic E-state index is 0.0154. The van der Waals surface area contributed by atoms with Crippen molar-refractivity contribution in [1.29, 1.82) is 0 Å². The largest absolute Gasteiger partial charge is 0.423 e. The van der Waals surface area contributed by atoms with Crippen molar-refractivity contribution in [2.75, 3.05) is 13.7 Å². The molecule has 0 aliphatic carbocycles. The number of hydrogen-bond donors (Lipinski definition) is 2. The Morgan fingerprint density at radius 1 is 1.56 bits per heavy atom. The van der Waals surface area contributed by atoms with Gasteiger partial charge in [-0.3, -0.25) is 4.99 Å². The Hall–Kier alpha value is -1.50. The van der Waals surface area contributed by atoms with E-state index in [1.54, 1.807) is 6.92 Å². The van der Waals surface area contributed by atoms with Gasteiger partial charge < -0.3 is 15.8 Å². The van der Waals surface area contributed by atoms with E-state index >= 15 is 0 Å². The lowest BCUT2D eigenvalue weighted by Crippen LogP contribution is -2.48. The zero-order valence-electron chi connectivity index (χ0n) is 10.3. The molecule has 102 valence electrons. The van der Waals surface area contributed by atoms with Crippen molar-refractivity contribution in [2.45, 2.75) is 25.1 Å². The topological polar surface area (TPSA) is 69.5 Å². The van der Waals surface area contributed by atoms with Crippen molar-refractivity contribution in [2.24, 2.45) is 10.7 Å². The summed E-state index contributed by atoms with van der Waals surface area (Å²) in [5.41, 5.74) is 3.70. The second-order valence-corrected chi connectivity index (χ2v) is 4.03. The van der Waals surface area contributed by atoms with E-state index in [2.05, 4.69) is 21.6 Å². The Labute approximate surface area is 103 Å². The zero-order valence-corrected chi connectivity index (χ0v) is 10.3. The van der Waals surface area contributed by atoms with E-state index in [9.17, 15) is 13.2 Å². The maximum atomic E-state index is 13.0. The molecule has 0 aromatic carbocycles. The van der Waals surface area contributed by atoms with Crippen molar-refractivity contribution >= 4 is 5.84 Å². The Morgan fingerprint density at radius 3 is 2.44 bits per heavy atom. The van der Waals surface area contributed by atoms with Crippen LogP contribution in [0.5, 0.6) is 0 Å². The van der Waals surface area contributed by atoms with Crippen molar-refractivity contribution in [3.63, 3.8) is 0 Å². The highest BCUT2D eigenvalue weighted by atomic mass is 19.4. The van der Waals surface area contributed by atoms with Crippen molar-refractivity contribution in [3.8, 4) is 0 Å². The van der Waals surface area contributed by atoms with Gasteiger partial charge in [0.15, 0.2) is 0 Å². The molecule has 1 aliphatic heterocycles. The molecule has 1 rings (SSSR count). The molecular weight excluding hydrogens is 247 g/mol. The molecule has 1 unspecified atom stereocenters. The summed E-state index contributed by atoms with van der Waals surface area (Å²) in [7, 11) is 1.03. The molecule has 7 heteroatoms. The number of nitrogens with one attached hydrogen (secondary N) is 1. The number of halogens is 3. The molecule has 18 heavy (non-hydrogen) atoms. The summed E-state index contributed by atoms with van der Waals surface area (Å²) in [6.45, 7) is 5.10. The lowest BCUT2D eigenvalue weighted by Gasteiger charge is -2.31. The third-order valence-corrected chi connectivity index (χ3v) is 2.71. The first-order valence-corrected chi connectivity index (χ1v) is 5.29. The van der Waals surface area contributed by atoms with Gasteiger partial charge in [-0.05, 0) is 12.5 Å². The van der Waals surface area contributed by atoms with Gasteiger partial charge in [0, 0.05) is 26.3 Å². The number of methoxy groups -OCH3 is 1. The zero-order chi connectivity index (χ0) is 14.0. The maximum Gasteiger partial charge on any atom is 0.423 e. The molecule has 1 atom stereocenters. The summed E-state index contributed by atoms with van der Waals surface area (Å²) in [5, 5.41) is 2.44. The number of ether oxygens (including phenoxy) is 1. The van der Waals surface area contributed by atoms with E-state index in [1.807, 2.05) is 0 Å². The average molecular weight is 263 g/mol. The average Bonchev–Trinajstić information content (AvgIpc) is 3.06. The summed E-state index contributed by atoms with van der Waals surface area (Å²) < 4.78 is 43.8. The Morgan fingerprint density at radius 2 is 2.11 bits per heavy atom. The molecule has 0 aromatic rings. The summed E-state index contributed by atoms with van der Waals surface area (Å²) in [5.74, 6) is 0.153. The second kappa shape index (κ2) is 5.01. The number of rotatable bonds is 6. The van der Waals surface area contributed by atoms with Crippen LogP contribution in [0.4, 0.5) is 13.2 Å². The summed E-state index contributed by atoms with van der Waals surface area (Å²) in [6.07, 6.45) is -3.58. The van der Waals surface area contributed by atoms with Crippen LogP contribution in [0.3, 0.4) is 0 Å². The van der Waals surface area contributed by atoms with E-state index in [0.29, 0.717) is 5.57 Å². The number of nitrogens with two attached hydrogens (primary N) is 1. The molecule has 4 nitrogen and oxygen atoms in total. The number of aliphatic imine (C=N–C) groups is 1. The van der Waals surface area contributed by atoms with Crippen LogP contribution in [0, 0.1) is 0 Å². The fraction of sp³-hybridized carbons (Fsp3) is 0.545.